The van der Waals surface area contributed by atoms with E-state index in [1.807, 2.05) is 6.07 Å². The van der Waals surface area contributed by atoms with Gasteiger partial charge in [-0.25, -0.2) is 9.97 Å². The van der Waals surface area contributed by atoms with E-state index in [4.69, 9.17) is 17.3 Å². The van der Waals surface area contributed by atoms with Crippen LogP contribution in [0, 0.1) is 0 Å². The number of nitrogens with one attached hydrogen (secondary N) is 1. The molecule has 0 unspecified atom stereocenters. The van der Waals surface area contributed by atoms with Gasteiger partial charge in [-0.1, -0.05) is 11.6 Å². The Morgan fingerprint density at radius 1 is 1.25 bits per heavy atom. The lowest BCUT2D eigenvalue weighted by molar-refractivity contribution is 1.17. The Bertz CT molecular complexity index is 518. The van der Waals surface area contributed by atoms with Gasteiger partial charge < -0.3 is 11.1 Å². The highest BCUT2D eigenvalue weighted by atomic mass is 79.9. The number of rotatable bonds is 2. The number of benzene rings is 1. The topological polar surface area (TPSA) is 63.8 Å². The fraction of sp³-hybridized carbons (Fsp3) is 0. The second kappa shape index (κ2) is 4.67. The van der Waals surface area contributed by atoms with Crippen LogP contribution in [0.1, 0.15) is 0 Å². The molecule has 0 spiro atoms. The molecule has 0 fully saturated rings. The number of nitrogen functional groups attached to an aromatic ring is 1. The second-order valence-electron chi connectivity index (χ2n) is 3.08. The van der Waals surface area contributed by atoms with Crippen molar-refractivity contribution in [3.63, 3.8) is 0 Å². The van der Waals surface area contributed by atoms with E-state index in [0.717, 1.165) is 10.2 Å². The van der Waals surface area contributed by atoms with Crippen LogP contribution in [0.2, 0.25) is 5.02 Å². The predicted octanol–water partition coefficient (Wildman–Crippen LogP) is 3.22. The van der Waals surface area contributed by atoms with Crippen molar-refractivity contribution in [2.24, 2.45) is 0 Å². The molecule has 1 heterocycles. The third-order valence-electron chi connectivity index (χ3n) is 1.88. The molecule has 0 saturated carbocycles. The van der Waals surface area contributed by atoms with Crippen LogP contribution in [0.4, 0.5) is 17.3 Å². The predicted molar refractivity (Wildman–Crippen MR) is 68.9 cm³/mol. The molecule has 0 radical (unpaired) electrons. The Kier molecular flexibility index (Phi) is 3.26. The van der Waals surface area contributed by atoms with Crippen molar-refractivity contribution in [3.8, 4) is 0 Å². The van der Waals surface area contributed by atoms with Crippen LogP contribution < -0.4 is 11.1 Å². The second-order valence-corrected chi connectivity index (χ2v) is 4.37. The lowest BCUT2D eigenvalue weighted by Crippen LogP contribution is -1.97. The normalized spacial score (nSPS) is 10.1. The smallest absolute Gasteiger partial charge is 0.135 e. The summed E-state index contributed by atoms with van der Waals surface area (Å²) in [5, 5.41) is 3.77. The molecule has 4 nitrogen and oxygen atoms in total. The van der Waals surface area contributed by atoms with Gasteiger partial charge in [0.15, 0.2) is 0 Å². The third-order valence-corrected chi connectivity index (χ3v) is 2.77. The molecule has 16 heavy (non-hydrogen) atoms. The fourth-order valence-corrected chi connectivity index (χ4v) is 1.95. The maximum absolute atomic E-state index is 5.84. The largest absolute Gasteiger partial charge is 0.384 e. The molecule has 6 heteroatoms. The molecule has 2 aromatic rings. The number of hydrogen-bond donors (Lipinski definition) is 2. The van der Waals surface area contributed by atoms with Crippen LogP contribution >= 0.6 is 27.5 Å². The minimum Gasteiger partial charge on any atom is -0.384 e. The highest BCUT2D eigenvalue weighted by Crippen LogP contribution is 2.28. The van der Waals surface area contributed by atoms with Crippen LogP contribution in [0.3, 0.4) is 0 Å². The SMILES string of the molecule is Nc1cc(Nc2ccc(Cl)cc2Br)ncn1. The lowest BCUT2D eigenvalue weighted by Gasteiger charge is -2.07. The molecule has 82 valence electrons. The minimum absolute atomic E-state index is 0.419. The van der Waals surface area contributed by atoms with E-state index >= 15 is 0 Å². The van der Waals surface area contributed by atoms with Crippen molar-refractivity contribution in [1.29, 1.82) is 0 Å². The van der Waals surface area contributed by atoms with Crippen LogP contribution in [0.25, 0.3) is 0 Å². The van der Waals surface area contributed by atoms with Gasteiger partial charge in [-0.15, -0.1) is 0 Å². The number of hydrogen-bond acceptors (Lipinski definition) is 4. The van der Waals surface area contributed by atoms with E-state index in [9.17, 15) is 0 Å². The van der Waals surface area contributed by atoms with Crippen LogP contribution in [-0.4, -0.2) is 9.97 Å². The van der Waals surface area contributed by atoms with Gasteiger partial charge in [0.05, 0.1) is 5.69 Å². The van der Waals surface area contributed by atoms with E-state index < -0.39 is 0 Å². The average molecular weight is 300 g/mol. The zero-order valence-corrected chi connectivity index (χ0v) is 10.5. The molecular formula is C10H8BrClN4. The highest BCUT2D eigenvalue weighted by Gasteiger charge is 2.02. The lowest BCUT2D eigenvalue weighted by atomic mass is 10.3. The van der Waals surface area contributed by atoms with E-state index in [1.165, 1.54) is 6.33 Å². The van der Waals surface area contributed by atoms with Crippen molar-refractivity contribution < 1.29 is 0 Å². The molecule has 2 rings (SSSR count). The maximum atomic E-state index is 5.84. The number of aromatic nitrogens is 2. The quantitative estimate of drug-likeness (QED) is 0.893. The Hall–Kier alpha value is -1.33. The molecule has 1 aromatic carbocycles. The van der Waals surface area contributed by atoms with Gasteiger partial charge in [-0.05, 0) is 34.1 Å². The van der Waals surface area contributed by atoms with Crippen LogP contribution in [0.15, 0.2) is 35.1 Å². The van der Waals surface area contributed by atoms with Crippen molar-refractivity contribution in [3.05, 3.63) is 40.1 Å². The fourth-order valence-electron chi connectivity index (χ4n) is 1.17. The molecule has 0 aliphatic rings. The molecule has 0 aliphatic carbocycles. The summed E-state index contributed by atoms with van der Waals surface area (Å²) in [4.78, 5) is 7.85. The first kappa shape index (κ1) is 11.2. The highest BCUT2D eigenvalue weighted by molar-refractivity contribution is 9.10. The first-order valence-electron chi connectivity index (χ1n) is 4.45. The number of anilines is 3. The zero-order valence-electron chi connectivity index (χ0n) is 8.11. The van der Waals surface area contributed by atoms with Gasteiger partial charge in [-0.3, -0.25) is 0 Å². The van der Waals surface area contributed by atoms with E-state index in [1.54, 1.807) is 18.2 Å². The Morgan fingerprint density at radius 2 is 2.06 bits per heavy atom. The van der Waals surface area contributed by atoms with Crippen LogP contribution in [-0.2, 0) is 0 Å². The molecule has 0 atom stereocenters. The molecular weight excluding hydrogens is 291 g/mol. The Balaban J connectivity index is 2.27. The summed E-state index contributed by atoms with van der Waals surface area (Å²) in [5.74, 6) is 1.05. The monoisotopic (exact) mass is 298 g/mol. The summed E-state index contributed by atoms with van der Waals surface area (Å²) in [7, 11) is 0. The zero-order chi connectivity index (χ0) is 11.5. The minimum atomic E-state index is 0.419. The summed E-state index contributed by atoms with van der Waals surface area (Å²) in [5.41, 5.74) is 6.41. The van der Waals surface area contributed by atoms with Crippen molar-refractivity contribution in [2.45, 2.75) is 0 Å². The van der Waals surface area contributed by atoms with Gasteiger partial charge >= 0.3 is 0 Å². The average Bonchev–Trinajstić information content (AvgIpc) is 2.22. The maximum Gasteiger partial charge on any atom is 0.135 e. The Labute approximate surface area is 106 Å². The molecule has 0 bridgehead atoms. The number of nitrogens with zero attached hydrogens (tertiary/aromatic N) is 2. The van der Waals surface area contributed by atoms with E-state index in [-0.39, 0.29) is 0 Å². The van der Waals surface area contributed by atoms with Gasteiger partial charge in [0, 0.05) is 15.6 Å². The van der Waals surface area contributed by atoms with Gasteiger partial charge in [0.1, 0.15) is 18.0 Å². The van der Waals surface area contributed by atoms with Crippen LogP contribution in [0.5, 0.6) is 0 Å². The van der Waals surface area contributed by atoms with E-state index in [0.29, 0.717) is 16.7 Å². The standard InChI is InChI=1S/C10H8BrClN4/c11-7-3-6(12)1-2-8(7)16-10-4-9(13)14-5-15-10/h1-5H,(H3,13,14,15,16). The number of nitrogens with two attached hydrogens (primary N) is 1. The summed E-state index contributed by atoms with van der Waals surface area (Å²) >= 11 is 9.24. The van der Waals surface area contributed by atoms with Crippen molar-refractivity contribution >= 4 is 44.9 Å². The first-order chi connectivity index (χ1) is 7.65. The number of halogens is 2. The first-order valence-corrected chi connectivity index (χ1v) is 5.62. The van der Waals surface area contributed by atoms with Gasteiger partial charge in [0.25, 0.3) is 0 Å². The van der Waals surface area contributed by atoms with Gasteiger partial charge in [-0.2, -0.15) is 0 Å². The van der Waals surface area contributed by atoms with Crippen molar-refractivity contribution in [2.75, 3.05) is 11.1 Å². The Morgan fingerprint density at radius 3 is 2.75 bits per heavy atom. The molecule has 1 aromatic heterocycles. The van der Waals surface area contributed by atoms with Gasteiger partial charge in [0.2, 0.25) is 0 Å². The molecule has 0 amide bonds. The van der Waals surface area contributed by atoms with E-state index in [2.05, 4.69) is 31.2 Å². The third kappa shape index (κ3) is 2.62. The summed E-state index contributed by atoms with van der Waals surface area (Å²) < 4.78 is 0.859. The molecule has 0 saturated heterocycles. The van der Waals surface area contributed by atoms with Crippen molar-refractivity contribution in [1.82, 2.24) is 9.97 Å². The summed E-state index contributed by atoms with van der Waals surface area (Å²) in [6.07, 6.45) is 1.40. The summed E-state index contributed by atoms with van der Waals surface area (Å²) in [6, 6.07) is 7.10. The molecule has 3 N–H and O–H groups in total. The molecule has 0 aliphatic heterocycles. The summed E-state index contributed by atoms with van der Waals surface area (Å²) in [6.45, 7) is 0.